The Morgan fingerprint density at radius 2 is 1.17 bits per heavy atom. The SMILES string of the molecule is C[C@H](NC(=O)CNC(=O)[C@H](C)NC(=O)[C@H](C)NC(=O)[C@H](C)NC(=O)[C@H](C)NC(=O)CNC(=O)[C@H](C)NC(=O)[C@@H]1CCCN1C(=O)[C@H](Cc1cnc[nH]1)NC(=O)[C@@H](N)CCCCN)C(N)=O. The average Bonchev–Trinajstić information content (AvgIpc) is 3.97. The van der Waals surface area contributed by atoms with Gasteiger partial charge < -0.3 is 74.9 Å². The van der Waals surface area contributed by atoms with Gasteiger partial charge in [-0.2, -0.15) is 0 Å². The van der Waals surface area contributed by atoms with E-state index in [1.54, 1.807) is 0 Å². The Hall–Kier alpha value is -6.70. The van der Waals surface area contributed by atoms with Gasteiger partial charge in [0, 0.05) is 24.9 Å². The normalized spacial score (nSPS) is 16.9. The second kappa shape index (κ2) is 26.8. The Bertz CT molecular complexity index is 1860. The van der Waals surface area contributed by atoms with Crippen LogP contribution in [-0.4, -0.2) is 160 Å². The van der Waals surface area contributed by atoms with Crippen LogP contribution in [0.25, 0.3) is 0 Å². The molecule has 1 aliphatic heterocycles. The van der Waals surface area contributed by atoms with Gasteiger partial charge in [0.15, 0.2) is 0 Å². The highest BCUT2D eigenvalue weighted by molar-refractivity contribution is 5.98. The maximum absolute atomic E-state index is 13.8. The second-order valence-electron chi connectivity index (χ2n) is 15.8. The third kappa shape index (κ3) is 18.5. The first kappa shape index (κ1) is 54.4. The molecule has 1 aromatic heterocycles. The van der Waals surface area contributed by atoms with Crippen LogP contribution >= 0.6 is 0 Å². The minimum absolute atomic E-state index is 0.0545. The molecule has 1 fully saturated rings. The summed E-state index contributed by atoms with van der Waals surface area (Å²) < 4.78 is 0. The van der Waals surface area contributed by atoms with Crippen LogP contribution in [0.5, 0.6) is 0 Å². The minimum atomic E-state index is -1.19. The lowest BCUT2D eigenvalue weighted by Gasteiger charge is -2.29. The molecule has 0 aliphatic carbocycles. The monoisotopic (exact) mass is 919 g/mol. The van der Waals surface area contributed by atoms with Gasteiger partial charge in [-0.1, -0.05) is 6.42 Å². The molecule has 2 rings (SSSR count). The van der Waals surface area contributed by atoms with E-state index >= 15 is 0 Å². The predicted octanol–water partition coefficient (Wildman–Crippen LogP) is -6.37. The number of likely N-dealkylation sites (tertiary alicyclic amines) is 1. The number of carbonyl (C=O) groups is 11. The molecule has 26 heteroatoms. The zero-order valence-corrected chi connectivity index (χ0v) is 37.5. The van der Waals surface area contributed by atoms with Gasteiger partial charge in [0.2, 0.25) is 65.0 Å². The number of nitrogens with zero attached hydrogens (tertiary/aromatic N) is 2. The zero-order chi connectivity index (χ0) is 49.0. The van der Waals surface area contributed by atoms with E-state index in [9.17, 15) is 52.7 Å². The molecular weight excluding hydrogens is 855 g/mol. The van der Waals surface area contributed by atoms with Gasteiger partial charge in [0.1, 0.15) is 48.3 Å². The zero-order valence-electron chi connectivity index (χ0n) is 37.5. The number of hydrogen-bond donors (Lipinski definition) is 13. The predicted molar refractivity (Wildman–Crippen MR) is 231 cm³/mol. The van der Waals surface area contributed by atoms with Crippen molar-refractivity contribution in [2.24, 2.45) is 17.2 Å². The highest BCUT2D eigenvalue weighted by Crippen LogP contribution is 2.20. The third-order valence-corrected chi connectivity index (χ3v) is 10.2. The highest BCUT2D eigenvalue weighted by Gasteiger charge is 2.39. The van der Waals surface area contributed by atoms with E-state index in [0.717, 1.165) is 0 Å². The molecule has 9 atom stereocenters. The lowest BCUT2D eigenvalue weighted by Crippen LogP contribution is -2.58. The molecule has 2 heterocycles. The fourth-order valence-electron chi connectivity index (χ4n) is 6.19. The number of rotatable bonds is 26. The molecule has 0 radical (unpaired) electrons. The van der Waals surface area contributed by atoms with Crippen molar-refractivity contribution in [2.75, 3.05) is 26.2 Å². The Morgan fingerprint density at radius 1 is 0.677 bits per heavy atom. The van der Waals surface area contributed by atoms with Crippen molar-refractivity contribution in [2.45, 2.75) is 134 Å². The van der Waals surface area contributed by atoms with Gasteiger partial charge in [0.25, 0.3) is 0 Å². The van der Waals surface area contributed by atoms with Gasteiger partial charge in [-0.15, -0.1) is 0 Å². The van der Waals surface area contributed by atoms with Crippen LogP contribution in [0.4, 0.5) is 0 Å². The van der Waals surface area contributed by atoms with E-state index in [0.29, 0.717) is 37.9 Å². The maximum Gasteiger partial charge on any atom is 0.246 e. The van der Waals surface area contributed by atoms with Crippen LogP contribution in [0, 0.1) is 0 Å². The van der Waals surface area contributed by atoms with E-state index in [-0.39, 0.29) is 19.4 Å². The van der Waals surface area contributed by atoms with Crippen molar-refractivity contribution in [1.29, 1.82) is 0 Å². The number of primary amides is 1. The molecule has 0 unspecified atom stereocenters. The third-order valence-electron chi connectivity index (χ3n) is 10.2. The summed E-state index contributed by atoms with van der Waals surface area (Å²) in [5.74, 6) is -7.71. The quantitative estimate of drug-likeness (QED) is 0.0385. The summed E-state index contributed by atoms with van der Waals surface area (Å²) in [6.45, 7) is 7.63. The smallest absolute Gasteiger partial charge is 0.246 e. The summed E-state index contributed by atoms with van der Waals surface area (Å²) in [4.78, 5) is 147. The van der Waals surface area contributed by atoms with E-state index in [1.807, 2.05) is 0 Å². The Labute approximate surface area is 375 Å². The molecule has 26 nitrogen and oxygen atoms in total. The van der Waals surface area contributed by atoms with Crippen LogP contribution in [0.3, 0.4) is 0 Å². The van der Waals surface area contributed by atoms with Crippen LogP contribution in [0.15, 0.2) is 12.5 Å². The number of hydrogen-bond acceptors (Lipinski definition) is 14. The van der Waals surface area contributed by atoms with Crippen LogP contribution < -0.4 is 65.1 Å². The molecule has 0 spiro atoms. The summed E-state index contributed by atoms with van der Waals surface area (Å²) in [5.41, 5.74) is 17.3. The Kier molecular flexibility index (Phi) is 22.5. The summed E-state index contributed by atoms with van der Waals surface area (Å²) in [5, 5.41) is 21.7. The number of imidazole rings is 1. The molecule has 16 N–H and O–H groups in total. The molecule has 11 amide bonds. The van der Waals surface area contributed by atoms with Crippen LogP contribution in [-0.2, 0) is 59.2 Å². The van der Waals surface area contributed by atoms with Gasteiger partial charge in [-0.3, -0.25) is 52.7 Å². The number of unbranched alkanes of at least 4 members (excludes halogenated alkanes) is 1. The van der Waals surface area contributed by atoms with Gasteiger partial charge in [-0.05, 0) is 73.8 Å². The molecule has 0 bridgehead atoms. The summed E-state index contributed by atoms with van der Waals surface area (Å²) in [6.07, 6.45) is 5.44. The van der Waals surface area contributed by atoms with Crippen LogP contribution in [0.2, 0.25) is 0 Å². The number of nitrogens with two attached hydrogens (primary N) is 3. The van der Waals surface area contributed by atoms with Crippen LogP contribution in [0.1, 0.15) is 79.3 Å². The largest absolute Gasteiger partial charge is 0.368 e. The molecule has 0 saturated carbocycles. The standard InChI is InChI=1S/C39H65N15O11/c1-19(31(42)57)47-29(55)16-44-32(58)20(2)49-35(61)23(5)51-36(62)24(6)50-34(60)22(4)48-30(56)17-45-33(59)21(3)52-38(64)28-11-9-13-54(28)39(65)27(14-25-15-43-18-46-25)53-37(63)26(41)10-7-8-12-40/h15,18-24,26-28H,7-14,16-17,40-41H2,1-6H3,(H2,42,57)(H,43,46)(H,44,58)(H,45,59)(H,47,55)(H,48,56)(H,49,61)(H,50,60)(H,51,62)(H,52,64)(H,53,63)/t19-,20-,21-,22-,23-,24-,26-,27-,28-/m0/s1. The summed E-state index contributed by atoms with van der Waals surface area (Å²) in [6, 6.07) is -9.69. The van der Waals surface area contributed by atoms with Crippen molar-refractivity contribution in [3.63, 3.8) is 0 Å². The van der Waals surface area contributed by atoms with Gasteiger partial charge >= 0.3 is 0 Å². The molecular formula is C39H65N15O11. The first-order chi connectivity index (χ1) is 30.5. The molecule has 362 valence electrons. The number of carbonyl (C=O) groups excluding carboxylic acids is 11. The van der Waals surface area contributed by atoms with Crippen molar-refractivity contribution < 1.29 is 52.7 Å². The minimum Gasteiger partial charge on any atom is -0.368 e. The van der Waals surface area contributed by atoms with E-state index in [4.69, 9.17) is 17.2 Å². The van der Waals surface area contributed by atoms with E-state index in [1.165, 1.54) is 59.0 Å². The number of amides is 11. The molecule has 0 aromatic carbocycles. The number of H-pyrrole nitrogens is 1. The van der Waals surface area contributed by atoms with E-state index in [2.05, 4.69) is 57.8 Å². The number of nitrogens with one attached hydrogen (secondary N) is 10. The molecule has 1 aliphatic rings. The molecule has 1 aromatic rings. The lowest BCUT2D eigenvalue weighted by atomic mass is 10.1. The summed E-state index contributed by atoms with van der Waals surface area (Å²) in [7, 11) is 0. The topological polar surface area (TPSA) is 406 Å². The van der Waals surface area contributed by atoms with Crippen molar-refractivity contribution in [1.82, 2.24) is 62.7 Å². The highest BCUT2D eigenvalue weighted by atomic mass is 16.2. The number of aromatic nitrogens is 2. The molecule has 1 saturated heterocycles. The average molecular weight is 920 g/mol. The first-order valence-corrected chi connectivity index (χ1v) is 21.2. The second-order valence-corrected chi connectivity index (χ2v) is 15.8. The summed E-state index contributed by atoms with van der Waals surface area (Å²) >= 11 is 0. The lowest BCUT2D eigenvalue weighted by molar-refractivity contribution is -0.142. The van der Waals surface area contributed by atoms with E-state index < -0.39 is 132 Å². The Morgan fingerprint density at radius 3 is 1.66 bits per heavy atom. The maximum atomic E-state index is 13.8. The van der Waals surface area contributed by atoms with Crippen molar-refractivity contribution in [3.8, 4) is 0 Å². The van der Waals surface area contributed by atoms with Crippen molar-refractivity contribution >= 4 is 65.0 Å². The molecule has 65 heavy (non-hydrogen) atoms. The first-order valence-electron chi connectivity index (χ1n) is 21.2. The Balaban J connectivity index is 1.83. The van der Waals surface area contributed by atoms with Gasteiger partial charge in [0.05, 0.1) is 25.5 Å². The fraction of sp³-hybridized carbons (Fsp3) is 0.641. The fourth-order valence-corrected chi connectivity index (χ4v) is 6.19. The number of aromatic amines is 1. The van der Waals surface area contributed by atoms with Gasteiger partial charge in [-0.25, -0.2) is 4.98 Å². The van der Waals surface area contributed by atoms with Crippen molar-refractivity contribution in [3.05, 3.63) is 18.2 Å².